The zero-order valence-corrected chi connectivity index (χ0v) is 8.63. The molecule has 1 atom stereocenters. The van der Waals surface area contributed by atoms with Gasteiger partial charge in [0.15, 0.2) is 5.82 Å². The van der Waals surface area contributed by atoms with E-state index in [1.807, 2.05) is 0 Å². The molecular weight excluding hydrogens is 196 g/mol. The van der Waals surface area contributed by atoms with Crippen molar-refractivity contribution in [2.24, 2.45) is 0 Å². The number of carboxylic acids is 1. The van der Waals surface area contributed by atoms with Crippen molar-refractivity contribution in [2.45, 2.75) is 44.6 Å². The predicted molar refractivity (Wildman–Crippen MR) is 51.4 cm³/mol. The van der Waals surface area contributed by atoms with Gasteiger partial charge in [-0.05, 0) is 30.2 Å². The van der Waals surface area contributed by atoms with Gasteiger partial charge in [0.25, 0.3) is 0 Å². The van der Waals surface area contributed by atoms with Crippen molar-refractivity contribution < 1.29 is 9.90 Å². The first-order valence-electron chi connectivity index (χ1n) is 5.20. The van der Waals surface area contributed by atoms with Gasteiger partial charge in [-0.1, -0.05) is 12.8 Å². The first-order chi connectivity index (χ1) is 7.20. The van der Waals surface area contributed by atoms with Crippen LogP contribution in [0.3, 0.4) is 0 Å². The highest BCUT2D eigenvalue weighted by molar-refractivity contribution is 5.71. The van der Waals surface area contributed by atoms with E-state index in [0.717, 1.165) is 18.7 Å². The topological polar surface area (TPSA) is 80.9 Å². The van der Waals surface area contributed by atoms with Crippen LogP contribution < -0.4 is 0 Å². The van der Waals surface area contributed by atoms with Crippen LogP contribution in [0.2, 0.25) is 0 Å². The first-order valence-corrected chi connectivity index (χ1v) is 5.20. The standard InChI is InChI=1S/C9H14N4O2/c1-6(9(14)15)13-8(10-11-12-13)7-4-2-3-5-7/h6-7H,2-5H2,1H3,(H,14,15). The highest BCUT2D eigenvalue weighted by Crippen LogP contribution is 2.33. The van der Waals surface area contributed by atoms with Gasteiger partial charge in [0, 0.05) is 5.92 Å². The molecule has 15 heavy (non-hydrogen) atoms. The number of rotatable bonds is 3. The Kier molecular flexibility index (Phi) is 2.66. The van der Waals surface area contributed by atoms with E-state index in [4.69, 9.17) is 5.11 Å². The molecule has 1 heterocycles. The molecule has 0 bridgehead atoms. The second kappa shape index (κ2) is 3.96. The maximum atomic E-state index is 10.8. The number of tetrazole rings is 1. The normalized spacial score (nSPS) is 19.3. The fourth-order valence-corrected chi connectivity index (χ4v) is 2.03. The van der Waals surface area contributed by atoms with Gasteiger partial charge in [-0.15, -0.1) is 5.10 Å². The van der Waals surface area contributed by atoms with Gasteiger partial charge in [-0.2, -0.15) is 0 Å². The molecule has 2 rings (SSSR count). The first kappa shape index (κ1) is 10.1. The largest absolute Gasteiger partial charge is 0.480 e. The van der Waals surface area contributed by atoms with Crippen LogP contribution >= 0.6 is 0 Å². The average Bonchev–Trinajstić information content (AvgIpc) is 2.86. The SMILES string of the molecule is CC(C(=O)O)n1nnnc1C1CCCC1. The highest BCUT2D eigenvalue weighted by atomic mass is 16.4. The zero-order valence-electron chi connectivity index (χ0n) is 8.63. The van der Waals surface area contributed by atoms with Crippen molar-refractivity contribution in [2.75, 3.05) is 0 Å². The van der Waals surface area contributed by atoms with Gasteiger partial charge in [-0.25, -0.2) is 9.48 Å². The molecular formula is C9H14N4O2. The lowest BCUT2D eigenvalue weighted by Crippen LogP contribution is -2.20. The van der Waals surface area contributed by atoms with Crippen LogP contribution in [0, 0.1) is 0 Å². The summed E-state index contributed by atoms with van der Waals surface area (Å²) in [5.74, 6) is 0.158. The van der Waals surface area contributed by atoms with Crippen molar-refractivity contribution >= 4 is 5.97 Å². The fraction of sp³-hybridized carbons (Fsp3) is 0.778. The molecule has 1 aromatic rings. The van der Waals surface area contributed by atoms with Gasteiger partial charge in [0.1, 0.15) is 6.04 Å². The summed E-state index contributed by atoms with van der Waals surface area (Å²) in [7, 11) is 0. The van der Waals surface area contributed by atoms with Gasteiger partial charge < -0.3 is 5.11 Å². The Hall–Kier alpha value is -1.46. The highest BCUT2D eigenvalue weighted by Gasteiger charge is 2.27. The molecule has 82 valence electrons. The molecule has 0 aromatic carbocycles. The molecule has 6 heteroatoms. The van der Waals surface area contributed by atoms with Gasteiger partial charge in [-0.3, -0.25) is 0 Å². The summed E-state index contributed by atoms with van der Waals surface area (Å²) in [5, 5.41) is 20.2. The monoisotopic (exact) mass is 210 g/mol. The predicted octanol–water partition coefficient (Wildman–Crippen LogP) is 0.976. The Morgan fingerprint density at radius 3 is 2.80 bits per heavy atom. The number of aromatic nitrogens is 4. The number of nitrogens with zero attached hydrogens (tertiary/aromatic N) is 4. The second-order valence-electron chi connectivity index (χ2n) is 3.98. The molecule has 1 N–H and O–H groups in total. The van der Waals surface area contributed by atoms with Crippen molar-refractivity contribution in [1.29, 1.82) is 0 Å². The quantitative estimate of drug-likeness (QED) is 0.804. The van der Waals surface area contributed by atoms with Crippen molar-refractivity contribution in [3.8, 4) is 0 Å². The van der Waals surface area contributed by atoms with Gasteiger partial charge in [0.05, 0.1) is 0 Å². The summed E-state index contributed by atoms with van der Waals surface area (Å²) in [6, 6.07) is -0.685. The zero-order chi connectivity index (χ0) is 10.8. The molecule has 0 saturated heterocycles. The van der Waals surface area contributed by atoms with Crippen molar-refractivity contribution in [3.05, 3.63) is 5.82 Å². The third-order valence-corrected chi connectivity index (χ3v) is 2.96. The van der Waals surface area contributed by atoms with Crippen molar-refractivity contribution in [3.63, 3.8) is 0 Å². The third-order valence-electron chi connectivity index (χ3n) is 2.96. The van der Waals surface area contributed by atoms with Crippen LogP contribution in [0.4, 0.5) is 0 Å². The van der Waals surface area contributed by atoms with E-state index in [2.05, 4.69) is 15.5 Å². The summed E-state index contributed by atoms with van der Waals surface area (Å²) in [6.07, 6.45) is 4.48. The molecule has 1 saturated carbocycles. The van der Waals surface area contributed by atoms with Crippen LogP contribution in [0.5, 0.6) is 0 Å². The Balaban J connectivity index is 2.24. The van der Waals surface area contributed by atoms with E-state index in [1.165, 1.54) is 17.5 Å². The third kappa shape index (κ3) is 1.84. The van der Waals surface area contributed by atoms with E-state index >= 15 is 0 Å². The summed E-state index contributed by atoms with van der Waals surface area (Å²) in [4.78, 5) is 10.8. The lowest BCUT2D eigenvalue weighted by Gasteiger charge is -2.12. The minimum absolute atomic E-state index is 0.335. The molecule has 6 nitrogen and oxygen atoms in total. The van der Waals surface area contributed by atoms with Gasteiger partial charge in [0.2, 0.25) is 0 Å². The Morgan fingerprint density at radius 2 is 2.20 bits per heavy atom. The molecule has 0 amide bonds. The van der Waals surface area contributed by atoms with Crippen LogP contribution in [-0.2, 0) is 4.79 Å². The minimum Gasteiger partial charge on any atom is -0.480 e. The van der Waals surface area contributed by atoms with E-state index < -0.39 is 12.0 Å². The summed E-state index contributed by atoms with van der Waals surface area (Å²) >= 11 is 0. The van der Waals surface area contributed by atoms with Crippen LogP contribution in [0.25, 0.3) is 0 Å². The Labute approximate surface area is 87.3 Å². The lowest BCUT2D eigenvalue weighted by atomic mass is 10.1. The fourth-order valence-electron chi connectivity index (χ4n) is 2.03. The maximum absolute atomic E-state index is 10.8. The van der Waals surface area contributed by atoms with E-state index in [9.17, 15) is 4.79 Å². The minimum atomic E-state index is -0.901. The number of hydrogen-bond acceptors (Lipinski definition) is 4. The molecule has 0 spiro atoms. The number of carbonyl (C=O) groups is 1. The van der Waals surface area contributed by atoms with E-state index in [0.29, 0.717) is 5.92 Å². The Morgan fingerprint density at radius 1 is 1.53 bits per heavy atom. The maximum Gasteiger partial charge on any atom is 0.328 e. The second-order valence-corrected chi connectivity index (χ2v) is 3.98. The smallest absolute Gasteiger partial charge is 0.328 e. The summed E-state index contributed by atoms with van der Waals surface area (Å²) in [5.41, 5.74) is 0. The molecule has 0 radical (unpaired) electrons. The number of carboxylic acid groups (broad SMARTS) is 1. The van der Waals surface area contributed by atoms with Crippen molar-refractivity contribution in [1.82, 2.24) is 20.2 Å². The lowest BCUT2D eigenvalue weighted by molar-refractivity contribution is -0.140. The molecule has 1 fully saturated rings. The average molecular weight is 210 g/mol. The van der Waals surface area contributed by atoms with E-state index in [-0.39, 0.29) is 0 Å². The Bertz CT molecular complexity index is 357. The van der Waals surface area contributed by atoms with Crippen LogP contribution in [-0.4, -0.2) is 31.3 Å². The molecule has 1 unspecified atom stereocenters. The van der Waals surface area contributed by atoms with Gasteiger partial charge >= 0.3 is 5.97 Å². The number of hydrogen-bond donors (Lipinski definition) is 1. The summed E-state index contributed by atoms with van der Waals surface area (Å²) in [6.45, 7) is 1.59. The summed E-state index contributed by atoms with van der Waals surface area (Å²) < 4.78 is 1.43. The van der Waals surface area contributed by atoms with Crippen LogP contribution in [0.15, 0.2) is 0 Å². The van der Waals surface area contributed by atoms with E-state index in [1.54, 1.807) is 6.92 Å². The number of aliphatic carboxylic acids is 1. The van der Waals surface area contributed by atoms with Crippen LogP contribution in [0.1, 0.15) is 50.4 Å². The molecule has 1 aliphatic carbocycles. The molecule has 1 aliphatic rings. The molecule has 0 aliphatic heterocycles. The molecule has 1 aromatic heterocycles.